The molecule has 0 saturated carbocycles. The topological polar surface area (TPSA) is 43.8 Å². The summed E-state index contributed by atoms with van der Waals surface area (Å²) in [5.41, 5.74) is 7.40. The molecule has 0 bridgehead atoms. The van der Waals surface area contributed by atoms with Gasteiger partial charge in [0.25, 0.3) is 0 Å². The first kappa shape index (κ1) is 12.9. The van der Waals surface area contributed by atoms with Crippen LogP contribution in [0, 0.1) is 11.7 Å². The molecule has 2 rings (SSSR count). The molecule has 0 amide bonds. The molecule has 0 spiro atoms. The van der Waals surface area contributed by atoms with Crippen molar-refractivity contribution >= 4 is 17.4 Å². The van der Waals surface area contributed by atoms with Gasteiger partial charge in [0, 0.05) is 12.1 Å². The van der Waals surface area contributed by atoms with Crippen LogP contribution in [0.15, 0.2) is 24.5 Å². The van der Waals surface area contributed by atoms with Crippen LogP contribution < -0.4 is 5.73 Å². The van der Waals surface area contributed by atoms with Gasteiger partial charge in [-0.1, -0.05) is 25.4 Å². The van der Waals surface area contributed by atoms with Gasteiger partial charge in [0.15, 0.2) is 0 Å². The van der Waals surface area contributed by atoms with Crippen LogP contribution in [0.4, 0.5) is 10.2 Å². The highest BCUT2D eigenvalue weighted by Crippen LogP contribution is 2.28. The van der Waals surface area contributed by atoms with Crippen LogP contribution in [0.5, 0.6) is 0 Å². The van der Waals surface area contributed by atoms with Crippen LogP contribution in [-0.4, -0.2) is 9.55 Å². The third-order valence-electron chi connectivity index (χ3n) is 2.63. The summed E-state index contributed by atoms with van der Waals surface area (Å²) in [6, 6.07) is 4.48. The highest BCUT2D eigenvalue weighted by Gasteiger charge is 2.12. The molecule has 0 aliphatic rings. The summed E-state index contributed by atoms with van der Waals surface area (Å²) in [7, 11) is 0. The van der Waals surface area contributed by atoms with Crippen LogP contribution in [-0.2, 0) is 6.54 Å². The number of hydrogen-bond donors (Lipinski definition) is 1. The van der Waals surface area contributed by atoms with Crippen molar-refractivity contribution in [3.63, 3.8) is 0 Å². The number of imidazole rings is 1. The number of hydrogen-bond acceptors (Lipinski definition) is 2. The van der Waals surface area contributed by atoms with Crippen molar-refractivity contribution < 1.29 is 4.39 Å². The van der Waals surface area contributed by atoms with E-state index in [0.29, 0.717) is 17.4 Å². The quantitative estimate of drug-likeness (QED) is 0.924. The molecule has 96 valence electrons. The fourth-order valence-corrected chi connectivity index (χ4v) is 1.98. The van der Waals surface area contributed by atoms with Crippen LogP contribution in [0.3, 0.4) is 0 Å². The Morgan fingerprint density at radius 1 is 1.44 bits per heavy atom. The molecule has 1 aromatic heterocycles. The van der Waals surface area contributed by atoms with Gasteiger partial charge in [-0.3, -0.25) is 0 Å². The van der Waals surface area contributed by atoms with Gasteiger partial charge in [-0.25, -0.2) is 9.37 Å². The average molecular weight is 268 g/mol. The first-order valence-corrected chi connectivity index (χ1v) is 6.13. The summed E-state index contributed by atoms with van der Waals surface area (Å²) in [5, 5.41) is 0.0744. The van der Waals surface area contributed by atoms with Crippen LogP contribution >= 0.6 is 11.6 Å². The van der Waals surface area contributed by atoms with E-state index in [-0.39, 0.29) is 5.02 Å². The SMILES string of the molecule is CC(C)Cn1cnc(-c2ccc(F)c(Cl)c2)c1N. The number of benzene rings is 1. The predicted molar refractivity (Wildman–Crippen MR) is 71.9 cm³/mol. The van der Waals surface area contributed by atoms with Gasteiger partial charge >= 0.3 is 0 Å². The van der Waals surface area contributed by atoms with Crippen molar-refractivity contribution in [3.8, 4) is 11.3 Å². The molecule has 0 aliphatic carbocycles. The van der Waals surface area contributed by atoms with Gasteiger partial charge in [-0.05, 0) is 24.1 Å². The zero-order valence-corrected chi connectivity index (χ0v) is 11.1. The van der Waals surface area contributed by atoms with Crippen LogP contribution in [0.25, 0.3) is 11.3 Å². The number of nitrogens with two attached hydrogens (primary N) is 1. The van der Waals surface area contributed by atoms with E-state index in [1.807, 2.05) is 4.57 Å². The second-order valence-electron chi connectivity index (χ2n) is 4.65. The van der Waals surface area contributed by atoms with Crippen molar-refractivity contribution in [2.45, 2.75) is 20.4 Å². The highest BCUT2D eigenvalue weighted by molar-refractivity contribution is 6.31. The molecule has 3 nitrogen and oxygen atoms in total. The largest absolute Gasteiger partial charge is 0.383 e. The average Bonchev–Trinajstić information content (AvgIpc) is 2.64. The molecular formula is C13H15ClFN3. The van der Waals surface area contributed by atoms with Crippen molar-refractivity contribution in [2.75, 3.05) is 5.73 Å². The molecule has 0 aliphatic heterocycles. The monoisotopic (exact) mass is 267 g/mol. The van der Waals surface area contributed by atoms with Gasteiger partial charge < -0.3 is 10.3 Å². The van der Waals surface area contributed by atoms with Crippen molar-refractivity contribution in [2.24, 2.45) is 5.92 Å². The first-order valence-electron chi connectivity index (χ1n) is 5.75. The van der Waals surface area contributed by atoms with E-state index in [9.17, 15) is 4.39 Å². The highest BCUT2D eigenvalue weighted by atomic mass is 35.5. The number of aromatic nitrogens is 2. The summed E-state index contributed by atoms with van der Waals surface area (Å²) >= 11 is 5.76. The normalized spacial score (nSPS) is 11.2. The van der Waals surface area contributed by atoms with E-state index in [1.54, 1.807) is 12.4 Å². The lowest BCUT2D eigenvalue weighted by molar-refractivity contribution is 0.527. The number of nitrogen functional groups attached to an aromatic ring is 1. The number of nitrogens with zero attached hydrogens (tertiary/aromatic N) is 2. The lowest BCUT2D eigenvalue weighted by Crippen LogP contribution is -2.06. The maximum Gasteiger partial charge on any atom is 0.141 e. The van der Waals surface area contributed by atoms with Gasteiger partial charge in [0.1, 0.15) is 17.3 Å². The number of halogens is 2. The summed E-state index contributed by atoms with van der Waals surface area (Å²) < 4.78 is 15.0. The second-order valence-corrected chi connectivity index (χ2v) is 5.06. The van der Waals surface area contributed by atoms with Crippen molar-refractivity contribution in [1.29, 1.82) is 0 Å². The molecule has 2 aromatic rings. The Morgan fingerprint density at radius 2 is 2.17 bits per heavy atom. The summed E-state index contributed by atoms with van der Waals surface area (Å²) in [4.78, 5) is 4.27. The molecule has 1 heterocycles. The Bertz CT molecular complexity index is 563. The van der Waals surface area contributed by atoms with Gasteiger partial charge in [0.05, 0.1) is 11.3 Å². The van der Waals surface area contributed by atoms with Gasteiger partial charge in [-0.2, -0.15) is 0 Å². The molecule has 2 N–H and O–H groups in total. The second kappa shape index (κ2) is 4.98. The minimum absolute atomic E-state index is 0.0744. The number of rotatable bonds is 3. The molecule has 0 unspecified atom stereocenters. The third-order valence-corrected chi connectivity index (χ3v) is 2.92. The molecule has 0 atom stereocenters. The lowest BCUT2D eigenvalue weighted by Gasteiger charge is -2.08. The Kier molecular flexibility index (Phi) is 3.57. The molecule has 0 saturated heterocycles. The molecule has 5 heteroatoms. The van der Waals surface area contributed by atoms with Gasteiger partial charge in [-0.15, -0.1) is 0 Å². The minimum atomic E-state index is -0.444. The Morgan fingerprint density at radius 3 is 2.78 bits per heavy atom. The molecule has 18 heavy (non-hydrogen) atoms. The van der Waals surface area contributed by atoms with Crippen LogP contribution in [0.2, 0.25) is 5.02 Å². The van der Waals surface area contributed by atoms with Crippen molar-refractivity contribution in [3.05, 3.63) is 35.4 Å². The summed E-state index contributed by atoms with van der Waals surface area (Å²) in [6.45, 7) is 5.01. The zero-order chi connectivity index (χ0) is 13.3. The lowest BCUT2D eigenvalue weighted by atomic mass is 10.1. The Labute approximate surface area is 110 Å². The molecule has 0 radical (unpaired) electrons. The molecular weight excluding hydrogens is 253 g/mol. The predicted octanol–water partition coefficient (Wildman–Crippen LogP) is 3.58. The Hall–Kier alpha value is -1.55. The van der Waals surface area contributed by atoms with Gasteiger partial charge in [0.2, 0.25) is 0 Å². The fraction of sp³-hybridized carbons (Fsp3) is 0.308. The number of anilines is 1. The maximum absolute atomic E-state index is 13.1. The van der Waals surface area contributed by atoms with E-state index >= 15 is 0 Å². The van der Waals surface area contributed by atoms with E-state index in [0.717, 1.165) is 12.1 Å². The van der Waals surface area contributed by atoms with E-state index in [2.05, 4.69) is 18.8 Å². The summed E-state index contributed by atoms with van der Waals surface area (Å²) in [5.74, 6) is 0.609. The fourth-order valence-electron chi connectivity index (χ4n) is 1.80. The molecule has 0 fully saturated rings. The van der Waals surface area contributed by atoms with E-state index in [1.165, 1.54) is 12.1 Å². The Balaban J connectivity index is 2.39. The summed E-state index contributed by atoms with van der Waals surface area (Å²) in [6.07, 6.45) is 1.70. The minimum Gasteiger partial charge on any atom is -0.383 e. The van der Waals surface area contributed by atoms with E-state index < -0.39 is 5.82 Å². The standard InChI is InChI=1S/C13H15ClFN3/c1-8(2)6-18-7-17-12(13(18)16)9-3-4-11(15)10(14)5-9/h3-5,7-8H,6,16H2,1-2H3. The van der Waals surface area contributed by atoms with Crippen molar-refractivity contribution in [1.82, 2.24) is 9.55 Å². The van der Waals surface area contributed by atoms with E-state index in [4.69, 9.17) is 17.3 Å². The molecule has 1 aromatic carbocycles. The smallest absolute Gasteiger partial charge is 0.141 e. The zero-order valence-electron chi connectivity index (χ0n) is 10.3. The third kappa shape index (κ3) is 2.48. The maximum atomic E-state index is 13.1. The van der Waals surface area contributed by atoms with Crippen LogP contribution in [0.1, 0.15) is 13.8 Å². The first-order chi connectivity index (χ1) is 8.49.